The Kier molecular flexibility index (Phi) is 2.12. The second kappa shape index (κ2) is 2.88. The van der Waals surface area contributed by atoms with Crippen LogP contribution in [0.1, 0.15) is 12.6 Å². The normalized spacial score (nSPS) is 9.80. The van der Waals surface area contributed by atoms with Crippen LogP contribution in [0.15, 0.2) is 12.6 Å². The van der Waals surface area contributed by atoms with Crippen molar-refractivity contribution in [3.05, 3.63) is 23.5 Å². The number of aryl methyl sites for hydroxylation is 1. The highest BCUT2D eigenvalue weighted by Crippen LogP contribution is 2.10. The molecule has 0 aliphatic heterocycles. The van der Waals surface area contributed by atoms with Crippen LogP contribution in [0.5, 0.6) is 0 Å². The van der Waals surface area contributed by atoms with Gasteiger partial charge >= 0.3 is 0 Å². The van der Waals surface area contributed by atoms with Crippen molar-refractivity contribution in [1.82, 2.24) is 9.78 Å². The van der Waals surface area contributed by atoms with Crippen LogP contribution < -0.4 is 0 Å². The van der Waals surface area contributed by atoms with E-state index in [-0.39, 0.29) is 0 Å². The molecule has 2 nitrogen and oxygen atoms in total. The summed E-state index contributed by atoms with van der Waals surface area (Å²) < 4.78 is 1.72. The fraction of sp³-hybridized carbons (Fsp3) is 0.286. The number of nitrogens with zero attached hydrogens (tertiary/aromatic N) is 2. The van der Waals surface area contributed by atoms with E-state index in [0.717, 1.165) is 12.2 Å². The Hall–Kier alpha value is -0.760. The lowest BCUT2D eigenvalue weighted by Crippen LogP contribution is -1.95. The molecule has 0 aliphatic carbocycles. The molecule has 0 spiro atoms. The Morgan fingerprint density at radius 3 is 2.90 bits per heavy atom. The smallest absolute Gasteiger partial charge is 0.127 e. The van der Waals surface area contributed by atoms with Crippen molar-refractivity contribution in [2.75, 3.05) is 0 Å². The lowest BCUT2D eigenvalue weighted by Gasteiger charge is -1.93. The topological polar surface area (TPSA) is 17.8 Å². The number of hydrogen-bond acceptors (Lipinski definition) is 1. The fourth-order valence-corrected chi connectivity index (χ4v) is 1.00. The number of halogens is 1. The summed E-state index contributed by atoms with van der Waals surface area (Å²) in [6.07, 6.45) is 1.68. The molecule has 0 saturated carbocycles. The third-order valence-corrected chi connectivity index (χ3v) is 1.56. The molecule has 3 heteroatoms. The molecule has 1 aromatic rings. The Bertz CT molecular complexity index is 240. The monoisotopic (exact) mass is 156 g/mol. The van der Waals surface area contributed by atoms with Gasteiger partial charge in [0.2, 0.25) is 0 Å². The Morgan fingerprint density at radius 1 is 1.90 bits per heavy atom. The van der Waals surface area contributed by atoms with Crippen molar-refractivity contribution in [1.29, 1.82) is 0 Å². The largest absolute Gasteiger partial charge is 0.254 e. The summed E-state index contributed by atoms with van der Waals surface area (Å²) in [7, 11) is 0. The van der Waals surface area contributed by atoms with Gasteiger partial charge in [-0.2, -0.15) is 5.10 Å². The first-order valence-electron chi connectivity index (χ1n) is 3.13. The molecule has 0 bridgehead atoms. The van der Waals surface area contributed by atoms with Crippen LogP contribution in [0.3, 0.4) is 0 Å². The summed E-state index contributed by atoms with van der Waals surface area (Å²) in [5.41, 5.74) is 0.826. The molecular weight excluding hydrogens is 148 g/mol. The predicted molar refractivity (Wildman–Crippen MR) is 43.0 cm³/mol. The van der Waals surface area contributed by atoms with E-state index in [4.69, 9.17) is 11.6 Å². The maximum absolute atomic E-state index is 5.78. The van der Waals surface area contributed by atoms with Gasteiger partial charge in [-0.15, -0.1) is 0 Å². The molecule has 0 amide bonds. The van der Waals surface area contributed by atoms with Crippen molar-refractivity contribution in [3.63, 3.8) is 0 Å². The van der Waals surface area contributed by atoms with Crippen molar-refractivity contribution < 1.29 is 0 Å². The maximum Gasteiger partial charge on any atom is 0.127 e. The van der Waals surface area contributed by atoms with Crippen LogP contribution in [0.2, 0.25) is 5.15 Å². The quantitative estimate of drug-likeness (QED) is 0.642. The van der Waals surface area contributed by atoms with Crippen molar-refractivity contribution in [2.24, 2.45) is 0 Å². The highest BCUT2D eigenvalue weighted by Gasteiger charge is 1.99. The molecule has 0 aliphatic rings. The van der Waals surface area contributed by atoms with Gasteiger partial charge in [0.25, 0.3) is 0 Å². The molecule has 0 N–H and O–H groups in total. The molecule has 1 rings (SSSR count). The van der Waals surface area contributed by atoms with Gasteiger partial charge in [0.15, 0.2) is 0 Å². The van der Waals surface area contributed by atoms with Gasteiger partial charge in [0.05, 0.1) is 5.69 Å². The van der Waals surface area contributed by atoms with E-state index in [1.165, 1.54) is 0 Å². The first-order chi connectivity index (χ1) is 4.77. The summed E-state index contributed by atoms with van der Waals surface area (Å²) in [5, 5.41) is 4.78. The van der Waals surface area contributed by atoms with Gasteiger partial charge in [-0.1, -0.05) is 18.2 Å². The predicted octanol–water partition coefficient (Wildman–Crippen LogP) is 2.20. The second-order valence-corrected chi connectivity index (χ2v) is 2.30. The average molecular weight is 157 g/mol. The van der Waals surface area contributed by atoms with E-state index >= 15 is 0 Å². The molecule has 0 atom stereocenters. The van der Waals surface area contributed by atoms with E-state index in [0.29, 0.717) is 5.15 Å². The van der Waals surface area contributed by atoms with Crippen molar-refractivity contribution in [3.8, 4) is 0 Å². The lowest BCUT2D eigenvalue weighted by molar-refractivity contribution is 0.659. The number of rotatable bonds is 2. The molecule has 1 aromatic heterocycles. The Morgan fingerprint density at radius 2 is 2.60 bits per heavy atom. The lowest BCUT2D eigenvalue weighted by atomic mass is 10.4. The summed E-state index contributed by atoms with van der Waals surface area (Å²) >= 11 is 5.78. The first-order valence-corrected chi connectivity index (χ1v) is 3.51. The summed E-state index contributed by atoms with van der Waals surface area (Å²) in [6.45, 7) is 6.38. The highest BCUT2D eigenvalue weighted by atomic mass is 35.5. The number of aromatic nitrogens is 2. The molecule has 0 radical (unpaired) electrons. The van der Waals surface area contributed by atoms with E-state index in [9.17, 15) is 0 Å². The Labute approximate surface area is 65.1 Å². The SMILES string of the molecule is C=Cc1cc(Cl)n(CC)n1. The van der Waals surface area contributed by atoms with Crippen LogP contribution in [0.25, 0.3) is 6.08 Å². The summed E-state index contributed by atoms with van der Waals surface area (Å²) in [4.78, 5) is 0. The van der Waals surface area contributed by atoms with Crippen LogP contribution in [0, 0.1) is 0 Å². The summed E-state index contributed by atoms with van der Waals surface area (Å²) in [6, 6.07) is 1.79. The van der Waals surface area contributed by atoms with Gasteiger partial charge in [-0.25, -0.2) is 0 Å². The van der Waals surface area contributed by atoms with Crippen molar-refractivity contribution in [2.45, 2.75) is 13.5 Å². The minimum absolute atomic E-state index is 0.664. The zero-order valence-electron chi connectivity index (χ0n) is 5.84. The van der Waals surface area contributed by atoms with Gasteiger partial charge < -0.3 is 0 Å². The molecule has 1 heterocycles. The van der Waals surface area contributed by atoms with Crippen LogP contribution >= 0.6 is 11.6 Å². The van der Waals surface area contributed by atoms with Crippen LogP contribution in [0.4, 0.5) is 0 Å². The zero-order valence-corrected chi connectivity index (χ0v) is 6.60. The maximum atomic E-state index is 5.78. The molecule has 54 valence electrons. The van der Waals surface area contributed by atoms with E-state index in [1.54, 1.807) is 16.8 Å². The van der Waals surface area contributed by atoms with Crippen LogP contribution in [-0.4, -0.2) is 9.78 Å². The summed E-state index contributed by atoms with van der Waals surface area (Å²) in [5.74, 6) is 0. The minimum atomic E-state index is 0.664. The first kappa shape index (κ1) is 7.35. The highest BCUT2D eigenvalue weighted by molar-refractivity contribution is 6.29. The van der Waals surface area contributed by atoms with Gasteiger partial charge in [-0.05, 0) is 13.0 Å². The van der Waals surface area contributed by atoms with E-state index in [1.807, 2.05) is 6.92 Å². The van der Waals surface area contributed by atoms with E-state index < -0.39 is 0 Å². The molecule has 0 saturated heterocycles. The van der Waals surface area contributed by atoms with Crippen molar-refractivity contribution >= 4 is 17.7 Å². The third kappa shape index (κ3) is 1.21. The van der Waals surface area contributed by atoms with Gasteiger partial charge in [0.1, 0.15) is 5.15 Å². The Balaban J connectivity index is 3.03. The average Bonchev–Trinajstić information content (AvgIpc) is 2.30. The molecule has 0 aromatic carbocycles. The van der Waals surface area contributed by atoms with Crippen LogP contribution in [-0.2, 0) is 6.54 Å². The third-order valence-electron chi connectivity index (χ3n) is 1.26. The minimum Gasteiger partial charge on any atom is -0.254 e. The second-order valence-electron chi connectivity index (χ2n) is 1.91. The number of hydrogen-bond donors (Lipinski definition) is 0. The standard InChI is InChI=1S/C7H9ClN2/c1-3-6-5-7(8)10(4-2)9-6/h3,5H,1,4H2,2H3. The molecular formula is C7H9ClN2. The van der Waals surface area contributed by atoms with E-state index in [2.05, 4.69) is 11.7 Å². The molecule has 0 fully saturated rings. The fourth-order valence-electron chi connectivity index (χ4n) is 0.734. The molecule has 10 heavy (non-hydrogen) atoms. The van der Waals surface area contributed by atoms with Gasteiger partial charge in [0, 0.05) is 12.6 Å². The zero-order chi connectivity index (χ0) is 7.56. The molecule has 0 unspecified atom stereocenters. The van der Waals surface area contributed by atoms with Gasteiger partial charge in [-0.3, -0.25) is 4.68 Å².